The van der Waals surface area contributed by atoms with Gasteiger partial charge in [-0.3, -0.25) is 0 Å². The number of allylic oxidation sites excluding steroid dienone is 4. The van der Waals surface area contributed by atoms with Gasteiger partial charge in [0.25, 0.3) is 0 Å². The summed E-state index contributed by atoms with van der Waals surface area (Å²) in [5.74, 6) is 0. The maximum absolute atomic E-state index is 2.47. The zero-order chi connectivity index (χ0) is 17.1. The van der Waals surface area contributed by atoms with Crippen molar-refractivity contribution in [3.8, 4) is 0 Å². The predicted molar refractivity (Wildman–Crippen MR) is 100 cm³/mol. The minimum atomic E-state index is 0. The molecular formula is C22H26Cl2NTi. The summed E-state index contributed by atoms with van der Waals surface area (Å²) in [6.07, 6.45) is 5.95. The molecule has 0 bridgehead atoms. The molecule has 4 heteroatoms. The van der Waals surface area contributed by atoms with Gasteiger partial charge >= 0.3 is 158 Å². The zero-order valence-electron chi connectivity index (χ0n) is 15.8. The second kappa shape index (κ2) is 10.7. The maximum atomic E-state index is 2.47. The Hall–Kier alpha value is -0.566. The van der Waals surface area contributed by atoms with Crippen molar-refractivity contribution < 1.29 is 45.5 Å². The molecule has 1 nitrogen and oxygen atoms in total. The van der Waals surface area contributed by atoms with Crippen molar-refractivity contribution >= 4 is 16.3 Å². The molecule has 2 aromatic carbocycles. The summed E-state index contributed by atoms with van der Waals surface area (Å²) < 4.78 is 2.47. The first kappa shape index (κ1) is 23.5. The van der Waals surface area contributed by atoms with Gasteiger partial charge in [-0.2, -0.15) is 0 Å². The summed E-state index contributed by atoms with van der Waals surface area (Å²) in [5, 5.41) is 2.75. The molecule has 0 atom stereocenters. The molecule has 0 saturated heterocycles. The molecule has 0 aromatic heterocycles. The quantitative estimate of drug-likeness (QED) is 0.594. The molecule has 0 unspecified atom stereocenters. The van der Waals surface area contributed by atoms with Gasteiger partial charge in [0.05, 0.1) is 0 Å². The van der Waals surface area contributed by atoms with Crippen LogP contribution in [0.1, 0.15) is 51.2 Å². The molecular weight excluding hydrogens is 397 g/mol. The van der Waals surface area contributed by atoms with E-state index in [-0.39, 0.29) is 24.8 Å². The van der Waals surface area contributed by atoms with Gasteiger partial charge in [0.15, 0.2) is 0 Å². The van der Waals surface area contributed by atoms with Crippen LogP contribution in [0.15, 0.2) is 53.6 Å². The Bertz CT molecular complexity index is 811. The molecule has 137 valence electrons. The molecule has 0 radical (unpaired) electrons. The number of hydrogen-bond donors (Lipinski definition) is 0. The Labute approximate surface area is 182 Å². The molecule has 0 spiro atoms. The van der Waals surface area contributed by atoms with E-state index in [0.29, 0.717) is 0 Å². The van der Waals surface area contributed by atoms with Crippen LogP contribution in [0.2, 0.25) is 0 Å². The first-order valence-corrected chi connectivity index (χ1v) is 9.64. The third-order valence-electron chi connectivity index (χ3n) is 4.89. The normalized spacial score (nSPS) is 13.7. The van der Waals surface area contributed by atoms with Crippen molar-refractivity contribution in [2.45, 2.75) is 46.6 Å². The van der Waals surface area contributed by atoms with Crippen molar-refractivity contribution in [1.82, 2.24) is 3.38 Å². The minimum absolute atomic E-state index is 0. The Kier molecular flexibility index (Phi) is 9.65. The van der Waals surface area contributed by atoms with E-state index in [1.807, 2.05) is 0 Å². The van der Waals surface area contributed by atoms with E-state index >= 15 is 0 Å². The second-order valence-electron chi connectivity index (χ2n) is 6.92. The number of nitrogens with zero attached hydrogens (tertiary/aromatic N) is 1. The van der Waals surface area contributed by atoms with Crippen molar-refractivity contribution in [3.05, 3.63) is 64.7 Å². The molecule has 0 N–H and O–H groups in total. The predicted octanol–water partition coefficient (Wildman–Crippen LogP) is 0.0352. The van der Waals surface area contributed by atoms with Crippen LogP contribution in [-0.4, -0.2) is 9.93 Å². The molecule has 1 aliphatic carbocycles. The summed E-state index contributed by atoms with van der Waals surface area (Å²) in [5.41, 5.74) is 7.35. The number of hydrogen-bond acceptors (Lipinski definition) is 1. The van der Waals surface area contributed by atoms with Gasteiger partial charge in [0.2, 0.25) is 0 Å². The van der Waals surface area contributed by atoms with Crippen molar-refractivity contribution in [3.63, 3.8) is 0 Å². The average Bonchev–Trinajstić information content (AvgIpc) is 2.91. The molecule has 26 heavy (non-hydrogen) atoms. The number of halogens is 2. The largest absolute Gasteiger partial charge is 1.00 e. The molecule has 1 aliphatic rings. The summed E-state index contributed by atoms with van der Waals surface area (Å²) in [7, 11) is 0. The molecule has 0 aliphatic heterocycles. The first-order chi connectivity index (χ1) is 11.6. The maximum Gasteiger partial charge on any atom is -1.00 e. The van der Waals surface area contributed by atoms with Crippen LogP contribution in [0.3, 0.4) is 0 Å². The van der Waals surface area contributed by atoms with Crippen LogP contribution in [0.4, 0.5) is 0 Å². The zero-order valence-corrected chi connectivity index (χ0v) is 18.9. The first-order valence-electron chi connectivity index (χ1n) is 8.94. The fourth-order valence-corrected chi connectivity index (χ4v) is 4.14. The van der Waals surface area contributed by atoms with Gasteiger partial charge in [-0.1, -0.05) is 0 Å². The van der Waals surface area contributed by atoms with Crippen molar-refractivity contribution in [2.24, 2.45) is 0 Å². The Morgan fingerprint density at radius 1 is 1.04 bits per heavy atom. The standard InChI is InChI=1S/C22H26N.2ClH.Ti/c1-4-5-12-23-15-22-19-9-7-6-8-18(19)10-11-20(22)21-14-16(2)13-17(21)3;;;/h6-11,13H,4-5,12,14-15H2,1-3H3;2*1H;/q-1;;;+3/p-2. The summed E-state index contributed by atoms with van der Waals surface area (Å²) >= 11 is 2.25. The van der Waals surface area contributed by atoms with Crippen LogP contribution in [0.25, 0.3) is 16.3 Å². The summed E-state index contributed by atoms with van der Waals surface area (Å²) in [6, 6.07) is 13.4. The van der Waals surface area contributed by atoms with Crippen LogP contribution >= 0.6 is 0 Å². The van der Waals surface area contributed by atoms with Crippen LogP contribution < -0.4 is 24.8 Å². The number of benzene rings is 2. The van der Waals surface area contributed by atoms with E-state index in [1.54, 1.807) is 0 Å². The molecule has 0 heterocycles. The van der Waals surface area contributed by atoms with Crippen molar-refractivity contribution in [1.29, 1.82) is 0 Å². The second-order valence-corrected chi connectivity index (χ2v) is 7.90. The molecule has 2 aromatic rings. The average molecular weight is 423 g/mol. The Balaban J connectivity index is 0.00000169. The van der Waals surface area contributed by atoms with E-state index < -0.39 is 0 Å². The number of rotatable bonds is 6. The Morgan fingerprint density at radius 2 is 1.77 bits per heavy atom. The van der Waals surface area contributed by atoms with Gasteiger partial charge in [-0.15, -0.1) is 0 Å². The summed E-state index contributed by atoms with van der Waals surface area (Å²) in [4.78, 5) is 0. The Morgan fingerprint density at radius 3 is 2.42 bits per heavy atom. The molecule has 0 saturated carbocycles. The molecule has 3 rings (SSSR count). The van der Waals surface area contributed by atoms with Gasteiger partial charge in [0.1, 0.15) is 0 Å². The molecule has 0 fully saturated rings. The topological polar surface area (TPSA) is 3.24 Å². The van der Waals surface area contributed by atoms with Gasteiger partial charge in [-0.25, -0.2) is 0 Å². The van der Waals surface area contributed by atoms with Crippen LogP contribution in [0.5, 0.6) is 0 Å². The van der Waals surface area contributed by atoms with E-state index in [4.69, 9.17) is 0 Å². The van der Waals surface area contributed by atoms with Gasteiger partial charge in [-0.05, 0) is 0 Å². The fraction of sp³-hybridized carbons (Fsp3) is 0.364. The smallest absolute Gasteiger partial charge is 1.00 e. The fourth-order valence-electron chi connectivity index (χ4n) is 3.64. The van der Waals surface area contributed by atoms with E-state index in [0.717, 1.165) is 19.5 Å². The number of fused-ring (bicyclic) bond motifs is 1. The minimum Gasteiger partial charge on any atom is -1.00 e. The monoisotopic (exact) mass is 422 g/mol. The van der Waals surface area contributed by atoms with Crippen LogP contribution in [-0.2, 0) is 27.2 Å². The van der Waals surface area contributed by atoms with Gasteiger partial charge < -0.3 is 24.8 Å². The third-order valence-corrected chi connectivity index (χ3v) is 5.49. The third kappa shape index (κ3) is 5.24. The molecule has 0 amide bonds. The van der Waals surface area contributed by atoms with E-state index in [2.05, 4.69) is 87.3 Å². The van der Waals surface area contributed by atoms with Crippen molar-refractivity contribution in [2.75, 3.05) is 6.54 Å². The SMILES string of the molecule is CCCC[N]([Ti+2])Cc1c(C2=C(C)C=C(C)C2)ccc2ccccc12.[Cl-].[Cl-]. The summed E-state index contributed by atoms with van der Waals surface area (Å²) in [6.45, 7) is 8.94. The van der Waals surface area contributed by atoms with E-state index in [9.17, 15) is 0 Å². The van der Waals surface area contributed by atoms with E-state index in [1.165, 1.54) is 51.5 Å². The van der Waals surface area contributed by atoms with Crippen LogP contribution in [0, 0.1) is 0 Å². The number of unbranched alkanes of at least 4 members (excludes halogenated alkanes) is 1. The van der Waals surface area contributed by atoms with Gasteiger partial charge in [0, 0.05) is 0 Å².